The van der Waals surface area contributed by atoms with Crippen molar-refractivity contribution in [1.29, 1.82) is 0 Å². The van der Waals surface area contributed by atoms with Crippen molar-refractivity contribution in [3.8, 4) is 0 Å². The van der Waals surface area contributed by atoms with Crippen LogP contribution in [0, 0.1) is 0 Å². The first-order valence-corrected chi connectivity index (χ1v) is 4.08. The number of nitrogens with zero attached hydrogens (tertiary/aromatic N) is 4. The largest absolute Gasteiger partial charge is 0.388 e. The van der Waals surface area contributed by atoms with E-state index in [4.69, 9.17) is 5.53 Å². The second kappa shape index (κ2) is 3.76. The van der Waals surface area contributed by atoms with Gasteiger partial charge >= 0.3 is 0 Å². The highest BCUT2D eigenvalue weighted by Crippen LogP contribution is 2.20. The lowest BCUT2D eigenvalue weighted by Crippen LogP contribution is -2.48. The highest BCUT2D eigenvalue weighted by Gasteiger charge is 2.30. The third kappa shape index (κ3) is 2.37. The molecule has 0 aliphatic carbocycles. The number of piperidine rings is 1. The second-order valence-electron chi connectivity index (χ2n) is 3.45. The minimum absolute atomic E-state index is 0.188. The van der Waals surface area contributed by atoms with Gasteiger partial charge in [-0.25, -0.2) is 0 Å². The molecule has 0 unspecified atom stereocenters. The van der Waals surface area contributed by atoms with Crippen molar-refractivity contribution in [3.05, 3.63) is 10.4 Å². The first-order valence-electron chi connectivity index (χ1n) is 4.08. The summed E-state index contributed by atoms with van der Waals surface area (Å²) < 4.78 is 0. The quantitative estimate of drug-likeness (QED) is 0.377. The van der Waals surface area contributed by atoms with Crippen LogP contribution in [0.3, 0.4) is 0 Å². The maximum absolute atomic E-state index is 9.87. The lowest BCUT2D eigenvalue weighted by Gasteiger charge is -2.36. The molecule has 1 heterocycles. The van der Waals surface area contributed by atoms with E-state index in [1.807, 2.05) is 7.05 Å². The van der Waals surface area contributed by atoms with Crippen LogP contribution in [0.15, 0.2) is 5.11 Å². The van der Waals surface area contributed by atoms with E-state index in [0.717, 1.165) is 19.4 Å². The number of aliphatic hydroxyl groups is 1. The topological polar surface area (TPSA) is 72.2 Å². The van der Waals surface area contributed by atoms with Crippen LogP contribution in [-0.4, -0.2) is 42.3 Å². The van der Waals surface area contributed by atoms with Gasteiger partial charge in [-0.1, -0.05) is 5.11 Å². The molecule has 1 fully saturated rings. The zero-order chi connectivity index (χ0) is 9.03. The Kier molecular flexibility index (Phi) is 2.92. The predicted molar refractivity (Wildman–Crippen MR) is 45.7 cm³/mol. The Morgan fingerprint density at radius 1 is 1.75 bits per heavy atom. The molecule has 1 saturated heterocycles. The molecule has 0 saturated carbocycles. The Labute approximate surface area is 71.6 Å². The number of likely N-dealkylation sites (N-methyl/N-ethyl adjacent to an activating group) is 1. The molecule has 0 bridgehead atoms. The summed E-state index contributed by atoms with van der Waals surface area (Å²) in [7, 11) is 1.96. The molecular formula is C7H14N4O. The van der Waals surface area contributed by atoms with E-state index in [0.29, 0.717) is 6.54 Å². The average Bonchev–Trinajstić information content (AvgIpc) is 2.01. The fourth-order valence-corrected chi connectivity index (χ4v) is 1.63. The fraction of sp³-hybridized carbons (Fsp3) is 1.00. The van der Waals surface area contributed by atoms with Crippen LogP contribution in [-0.2, 0) is 0 Å². The minimum Gasteiger partial charge on any atom is -0.388 e. The van der Waals surface area contributed by atoms with Gasteiger partial charge in [-0.05, 0) is 32.0 Å². The molecule has 12 heavy (non-hydrogen) atoms. The number of hydrogen-bond donors (Lipinski definition) is 1. The van der Waals surface area contributed by atoms with Gasteiger partial charge in [0.15, 0.2) is 0 Å². The highest BCUT2D eigenvalue weighted by molar-refractivity contribution is 4.87. The first kappa shape index (κ1) is 9.32. The van der Waals surface area contributed by atoms with Gasteiger partial charge in [-0.15, -0.1) is 0 Å². The molecule has 1 N–H and O–H groups in total. The van der Waals surface area contributed by atoms with Gasteiger partial charge in [0.25, 0.3) is 0 Å². The molecule has 1 rings (SSSR count). The summed E-state index contributed by atoms with van der Waals surface area (Å²) in [5, 5.41) is 13.3. The Bertz CT molecular complexity index is 202. The summed E-state index contributed by atoms with van der Waals surface area (Å²) in [6.07, 6.45) is 1.70. The minimum atomic E-state index is -0.792. The van der Waals surface area contributed by atoms with Crippen molar-refractivity contribution in [3.63, 3.8) is 0 Å². The van der Waals surface area contributed by atoms with Gasteiger partial charge in [0, 0.05) is 11.5 Å². The van der Waals surface area contributed by atoms with Gasteiger partial charge in [-0.2, -0.15) is 0 Å². The van der Waals surface area contributed by atoms with Crippen LogP contribution in [0.4, 0.5) is 0 Å². The van der Waals surface area contributed by atoms with E-state index in [2.05, 4.69) is 14.9 Å². The molecule has 0 aromatic heterocycles. The second-order valence-corrected chi connectivity index (χ2v) is 3.45. The molecule has 1 atom stereocenters. The van der Waals surface area contributed by atoms with Crippen molar-refractivity contribution < 1.29 is 5.11 Å². The van der Waals surface area contributed by atoms with E-state index in [1.54, 1.807) is 0 Å². The normalized spacial score (nSPS) is 31.2. The Morgan fingerprint density at radius 3 is 3.08 bits per heavy atom. The van der Waals surface area contributed by atoms with Crippen molar-refractivity contribution in [2.24, 2.45) is 5.11 Å². The SMILES string of the molecule is CN1CCC[C@@](O)(CN=[N+]=[N-])C1. The van der Waals surface area contributed by atoms with E-state index < -0.39 is 5.60 Å². The third-order valence-corrected chi connectivity index (χ3v) is 2.17. The lowest BCUT2D eigenvalue weighted by atomic mass is 9.93. The van der Waals surface area contributed by atoms with Gasteiger partial charge in [0.2, 0.25) is 0 Å². The number of hydrogen-bond acceptors (Lipinski definition) is 3. The highest BCUT2D eigenvalue weighted by atomic mass is 16.3. The summed E-state index contributed by atoms with van der Waals surface area (Å²) in [6, 6.07) is 0. The van der Waals surface area contributed by atoms with Gasteiger partial charge in [-0.3, -0.25) is 0 Å². The summed E-state index contributed by atoms with van der Waals surface area (Å²) in [5.74, 6) is 0. The summed E-state index contributed by atoms with van der Waals surface area (Å²) in [4.78, 5) is 4.70. The van der Waals surface area contributed by atoms with Crippen molar-refractivity contribution >= 4 is 0 Å². The van der Waals surface area contributed by atoms with E-state index in [1.165, 1.54) is 0 Å². The summed E-state index contributed by atoms with van der Waals surface area (Å²) in [5.41, 5.74) is 7.32. The van der Waals surface area contributed by atoms with Gasteiger partial charge < -0.3 is 10.0 Å². The number of rotatable bonds is 2. The van der Waals surface area contributed by atoms with E-state index >= 15 is 0 Å². The first-order chi connectivity index (χ1) is 5.66. The zero-order valence-corrected chi connectivity index (χ0v) is 7.27. The van der Waals surface area contributed by atoms with Crippen LogP contribution in [0.5, 0.6) is 0 Å². The standard InChI is InChI=1S/C7H14N4O/c1-11-4-2-3-7(12,6-11)5-9-10-8/h12H,2-6H2,1H3/t7-/m1/s1. The van der Waals surface area contributed by atoms with Crippen LogP contribution in [0.2, 0.25) is 0 Å². The van der Waals surface area contributed by atoms with Crippen molar-refractivity contribution in [1.82, 2.24) is 4.90 Å². The molecule has 0 aromatic carbocycles. The predicted octanol–water partition coefficient (Wildman–Crippen LogP) is 0.753. The average molecular weight is 170 g/mol. The monoisotopic (exact) mass is 170 g/mol. The van der Waals surface area contributed by atoms with E-state index in [9.17, 15) is 5.11 Å². The third-order valence-electron chi connectivity index (χ3n) is 2.17. The van der Waals surface area contributed by atoms with Crippen LogP contribution in [0.1, 0.15) is 12.8 Å². The molecule has 5 nitrogen and oxygen atoms in total. The van der Waals surface area contributed by atoms with Crippen molar-refractivity contribution in [2.45, 2.75) is 18.4 Å². The molecule has 0 aromatic rings. The van der Waals surface area contributed by atoms with Crippen LogP contribution >= 0.6 is 0 Å². The van der Waals surface area contributed by atoms with Gasteiger partial charge in [0.05, 0.1) is 12.1 Å². The van der Waals surface area contributed by atoms with Gasteiger partial charge in [0.1, 0.15) is 0 Å². The summed E-state index contributed by atoms with van der Waals surface area (Å²) >= 11 is 0. The molecule has 0 spiro atoms. The Morgan fingerprint density at radius 2 is 2.50 bits per heavy atom. The molecule has 0 radical (unpaired) electrons. The van der Waals surface area contributed by atoms with E-state index in [-0.39, 0.29) is 6.54 Å². The number of azide groups is 1. The molecular weight excluding hydrogens is 156 g/mol. The molecule has 68 valence electrons. The zero-order valence-electron chi connectivity index (χ0n) is 7.27. The molecule has 0 amide bonds. The Balaban J connectivity index is 2.50. The molecule has 1 aliphatic heterocycles. The lowest BCUT2D eigenvalue weighted by molar-refractivity contribution is -0.0149. The fourth-order valence-electron chi connectivity index (χ4n) is 1.63. The maximum Gasteiger partial charge on any atom is 0.0830 e. The molecule has 5 heteroatoms. The van der Waals surface area contributed by atoms with Crippen molar-refractivity contribution in [2.75, 3.05) is 26.7 Å². The Hall–Kier alpha value is -0.770. The molecule has 1 aliphatic rings. The number of β-amino-alcohol motifs (C(OH)–C–C–N with tert-alkyl or cyclic N) is 1. The summed E-state index contributed by atoms with van der Waals surface area (Å²) in [6.45, 7) is 1.80. The number of likely N-dealkylation sites (tertiary alicyclic amines) is 1. The maximum atomic E-state index is 9.87. The smallest absolute Gasteiger partial charge is 0.0830 e. The van der Waals surface area contributed by atoms with Crippen LogP contribution in [0.25, 0.3) is 10.4 Å². The van der Waals surface area contributed by atoms with Crippen LogP contribution < -0.4 is 0 Å².